The van der Waals surface area contributed by atoms with Gasteiger partial charge in [-0.2, -0.15) is 0 Å². The van der Waals surface area contributed by atoms with Gasteiger partial charge in [0, 0.05) is 6.54 Å². The topological polar surface area (TPSA) is 64.0 Å². The number of nitrogens with zero attached hydrogens (tertiary/aromatic N) is 2. The second kappa shape index (κ2) is 7.92. The van der Waals surface area contributed by atoms with E-state index in [0.717, 1.165) is 23.7 Å². The quantitative estimate of drug-likeness (QED) is 0.498. The van der Waals surface area contributed by atoms with Crippen LogP contribution >= 0.6 is 0 Å². The van der Waals surface area contributed by atoms with Gasteiger partial charge in [-0.3, -0.25) is 0 Å². The third-order valence-corrected chi connectivity index (χ3v) is 6.19. The molecule has 0 saturated heterocycles. The summed E-state index contributed by atoms with van der Waals surface area (Å²) in [6, 6.07) is 14.3. The molecule has 1 N–H and O–H groups in total. The van der Waals surface area contributed by atoms with Crippen LogP contribution in [-0.2, 0) is 16.6 Å². The Morgan fingerprint density at radius 3 is 2.27 bits per heavy atom. The molecule has 4 aromatic rings. The molecule has 0 spiro atoms. The van der Waals surface area contributed by atoms with Gasteiger partial charge in [-0.05, 0) is 42.0 Å². The van der Waals surface area contributed by atoms with Crippen molar-refractivity contribution in [2.45, 2.75) is 17.5 Å². The number of para-hydroxylation sites is 2. The third kappa shape index (κ3) is 3.94. The first-order chi connectivity index (χ1) is 14.3. The Balaban J connectivity index is 1.75. The van der Waals surface area contributed by atoms with E-state index < -0.39 is 38.4 Å². The summed E-state index contributed by atoms with van der Waals surface area (Å²) in [6.45, 7) is 0.0709. The van der Waals surface area contributed by atoms with Gasteiger partial charge in [0.25, 0.3) is 0 Å². The molecule has 3 aromatic carbocycles. The zero-order valence-electron chi connectivity index (χ0n) is 15.5. The molecule has 0 saturated carbocycles. The summed E-state index contributed by atoms with van der Waals surface area (Å²) in [6.07, 6.45) is 1.54. The minimum atomic E-state index is -4.56. The maximum absolute atomic E-state index is 14.1. The van der Waals surface area contributed by atoms with Crippen LogP contribution in [0.5, 0.6) is 0 Å². The van der Waals surface area contributed by atoms with Gasteiger partial charge < -0.3 is 4.57 Å². The molecule has 154 valence electrons. The van der Waals surface area contributed by atoms with Crippen LogP contribution in [0.1, 0.15) is 11.6 Å². The van der Waals surface area contributed by atoms with E-state index in [0.29, 0.717) is 11.1 Å². The monoisotopic (exact) mass is 431 g/mol. The lowest BCUT2D eigenvalue weighted by Crippen LogP contribution is -2.32. The Labute approximate surface area is 170 Å². The molecule has 0 radical (unpaired) electrons. The smallest absolute Gasteiger partial charge is 0.247 e. The maximum atomic E-state index is 14.1. The first-order valence-corrected chi connectivity index (χ1v) is 10.4. The van der Waals surface area contributed by atoms with Crippen molar-refractivity contribution in [2.24, 2.45) is 0 Å². The molecule has 0 fully saturated rings. The fraction of sp³-hybridized carbons (Fsp3) is 0.0952. The average molecular weight is 431 g/mol. The molecule has 0 unspecified atom stereocenters. The van der Waals surface area contributed by atoms with E-state index in [1.807, 2.05) is 18.2 Å². The van der Waals surface area contributed by atoms with Crippen molar-refractivity contribution in [3.8, 4) is 0 Å². The number of hydrogen-bond donors (Lipinski definition) is 1. The molecular formula is C21H16F3N3O2S. The Morgan fingerprint density at radius 2 is 1.57 bits per heavy atom. The number of hydrogen-bond acceptors (Lipinski definition) is 3. The predicted octanol–water partition coefficient (Wildman–Crippen LogP) is 4.17. The predicted molar refractivity (Wildman–Crippen MR) is 106 cm³/mol. The standard InChI is InChI=1S/C21H16F3N3O2S/c22-15-10-8-14(9-11-15)19(12-27-13-25-18-6-1-2-7-20(18)27)26-30(28,29)21-16(23)4-3-5-17(21)24/h1-11,13,19,26H,12H2/t19-/m0/s1. The molecule has 0 aliphatic rings. The number of rotatable bonds is 6. The molecule has 1 aromatic heterocycles. The lowest BCUT2D eigenvalue weighted by Gasteiger charge is -2.21. The molecule has 0 amide bonds. The van der Waals surface area contributed by atoms with Gasteiger partial charge in [-0.15, -0.1) is 0 Å². The molecule has 1 atom stereocenters. The van der Waals surface area contributed by atoms with Crippen molar-refractivity contribution < 1.29 is 21.6 Å². The fourth-order valence-corrected chi connectivity index (χ4v) is 4.60. The van der Waals surface area contributed by atoms with Crippen LogP contribution in [0, 0.1) is 17.5 Å². The highest BCUT2D eigenvalue weighted by Crippen LogP contribution is 2.24. The number of nitrogens with one attached hydrogen (secondary N) is 1. The van der Waals surface area contributed by atoms with E-state index in [1.54, 1.807) is 17.0 Å². The van der Waals surface area contributed by atoms with E-state index in [4.69, 9.17) is 0 Å². The minimum absolute atomic E-state index is 0.0709. The molecule has 0 aliphatic carbocycles. The average Bonchev–Trinajstić information content (AvgIpc) is 3.10. The van der Waals surface area contributed by atoms with Crippen LogP contribution in [0.2, 0.25) is 0 Å². The zero-order chi connectivity index (χ0) is 21.3. The lowest BCUT2D eigenvalue weighted by molar-refractivity contribution is 0.491. The van der Waals surface area contributed by atoms with Crippen LogP contribution in [0.25, 0.3) is 11.0 Å². The zero-order valence-corrected chi connectivity index (χ0v) is 16.3. The van der Waals surface area contributed by atoms with Crippen molar-refractivity contribution in [1.82, 2.24) is 14.3 Å². The Bertz CT molecular complexity index is 1280. The van der Waals surface area contributed by atoms with Crippen LogP contribution in [-0.4, -0.2) is 18.0 Å². The van der Waals surface area contributed by atoms with Gasteiger partial charge >= 0.3 is 0 Å². The van der Waals surface area contributed by atoms with Crippen molar-refractivity contribution in [1.29, 1.82) is 0 Å². The third-order valence-electron chi connectivity index (χ3n) is 4.66. The number of imidazole rings is 1. The molecule has 30 heavy (non-hydrogen) atoms. The highest BCUT2D eigenvalue weighted by atomic mass is 32.2. The Kier molecular flexibility index (Phi) is 5.31. The fourth-order valence-electron chi connectivity index (χ4n) is 3.24. The first kappa shape index (κ1) is 20.1. The number of aromatic nitrogens is 2. The number of fused-ring (bicyclic) bond motifs is 1. The molecule has 0 bridgehead atoms. The number of benzene rings is 3. The van der Waals surface area contributed by atoms with E-state index in [9.17, 15) is 21.6 Å². The summed E-state index contributed by atoms with van der Waals surface area (Å²) in [7, 11) is -4.56. The summed E-state index contributed by atoms with van der Waals surface area (Å²) in [5.41, 5.74) is 1.88. The van der Waals surface area contributed by atoms with Gasteiger partial charge in [-0.25, -0.2) is 31.3 Å². The first-order valence-electron chi connectivity index (χ1n) is 8.97. The van der Waals surface area contributed by atoms with Crippen LogP contribution in [0.3, 0.4) is 0 Å². The number of halogens is 3. The lowest BCUT2D eigenvalue weighted by atomic mass is 10.1. The SMILES string of the molecule is O=S(=O)(N[C@@H](Cn1cnc2ccccc21)c1ccc(F)cc1)c1c(F)cccc1F. The van der Waals surface area contributed by atoms with Crippen molar-refractivity contribution in [3.63, 3.8) is 0 Å². The van der Waals surface area contributed by atoms with Crippen LogP contribution < -0.4 is 4.72 Å². The van der Waals surface area contributed by atoms with Gasteiger partial charge in [0.15, 0.2) is 4.90 Å². The van der Waals surface area contributed by atoms with E-state index in [2.05, 4.69) is 9.71 Å². The number of sulfonamides is 1. The normalized spacial score (nSPS) is 12.9. The maximum Gasteiger partial charge on any atom is 0.247 e. The highest BCUT2D eigenvalue weighted by molar-refractivity contribution is 7.89. The molecule has 5 nitrogen and oxygen atoms in total. The second-order valence-electron chi connectivity index (χ2n) is 6.66. The van der Waals surface area contributed by atoms with Gasteiger partial charge in [0.2, 0.25) is 10.0 Å². The highest BCUT2D eigenvalue weighted by Gasteiger charge is 2.28. The molecule has 9 heteroatoms. The summed E-state index contributed by atoms with van der Waals surface area (Å²) < 4.78 is 71.3. The largest absolute Gasteiger partial charge is 0.329 e. The molecule has 0 aliphatic heterocycles. The summed E-state index contributed by atoms with van der Waals surface area (Å²) in [5, 5.41) is 0. The minimum Gasteiger partial charge on any atom is -0.329 e. The van der Waals surface area contributed by atoms with Crippen LogP contribution in [0.15, 0.2) is 78.0 Å². The molecular weight excluding hydrogens is 415 g/mol. The van der Waals surface area contributed by atoms with Gasteiger partial charge in [0.05, 0.1) is 23.4 Å². The van der Waals surface area contributed by atoms with E-state index in [-0.39, 0.29) is 6.54 Å². The Hall–Kier alpha value is -3.17. The second-order valence-corrected chi connectivity index (χ2v) is 8.31. The van der Waals surface area contributed by atoms with Gasteiger partial charge in [0.1, 0.15) is 17.5 Å². The summed E-state index contributed by atoms with van der Waals surface area (Å²) in [4.78, 5) is 3.21. The summed E-state index contributed by atoms with van der Waals surface area (Å²) in [5.74, 6) is -2.89. The van der Waals surface area contributed by atoms with Crippen molar-refractivity contribution in [3.05, 3.63) is 96.1 Å². The van der Waals surface area contributed by atoms with Crippen molar-refractivity contribution in [2.75, 3.05) is 0 Å². The Morgan fingerprint density at radius 1 is 0.900 bits per heavy atom. The van der Waals surface area contributed by atoms with Crippen molar-refractivity contribution >= 4 is 21.1 Å². The molecule has 4 rings (SSSR count). The van der Waals surface area contributed by atoms with E-state index in [1.165, 1.54) is 24.3 Å². The van der Waals surface area contributed by atoms with Crippen LogP contribution in [0.4, 0.5) is 13.2 Å². The van der Waals surface area contributed by atoms with Gasteiger partial charge in [-0.1, -0.05) is 30.3 Å². The van der Waals surface area contributed by atoms with E-state index >= 15 is 0 Å². The molecule has 1 heterocycles. The summed E-state index contributed by atoms with van der Waals surface area (Å²) >= 11 is 0.